The van der Waals surface area contributed by atoms with Crippen LogP contribution in [0.25, 0.3) is 22.3 Å². The molecular weight excluding hydrogens is 615 g/mol. The normalized spacial score (nSPS) is 15.8. The lowest BCUT2D eigenvalue weighted by atomic mass is 10.0. The van der Waals surface area contributed by atoms with Gasteiger partial charge in [-0.3, -0.25) is 4.79 Å². The maximum absolute atomic E-state index is 15.7. The lowest BCUT2D eigenvalue weighted by molar-refractivity contribution is -0.119. The highest BCUT2D eigenvalue weighted by molar-refractivity contribution is 5.92. The minimum absolute atomic E-state index is 0.0139. The molecule has 0 aliphatic carbocycles. The number of carbonyl (C=O) groups is 2. The van der Waals surface area contributed by atoms with Gasteiger partial charge in [-0.05, 0) is 54.1 Å². The Balaban J connectivity index is 1.30. The van der Waals surface area contributed by atoms with Gasteiger partial charge in [0.1, 0.15) is 29.9 Å². The SMILES string of the molecule is CC(=O)N[C@@H]1COC[C@@H]1n1c(Cc2cc(F)c(-c3cccc(OCc4ccc(C#N)cc4F)n3)cc2F)nc2ccc(C(=O)O)cc21. The average Bonchev–Trinajstić information content (AvgIpc) is 3.64. The van der Waals surface area contributed by atoms with Gasteiger partial charge in [-0.15, -0.1) is 0 Å². The van der Waals surface area contributed by atoms with Crippen molar-refractivity contribution in [2.45, 2.75) is 32.0 Å². The summed E-state index contributed by atoms with van der Waals surface area (Å²) in [6.07, 6.45) is -0.157. The molecular formula is C34H26F3N5O5. The third-order valence-corrected chi connectivity index (χ3v) is 7.82. The molecule has 6 rings (SSSR count). The first kappa shape index (κ1) is 31.3. The van der Waals surface area contributed by atoms with Crippen LogP contribution in [-0.2, 0) is 22.6 Å². The average molecular weight is 642 g/mol. The number of ether oxygens (including phenoxy) is 2. The Labute approximate surface area is 266 Å². The molecule has 3 aromatic carbocycles. The number of halogens is 3. The van der Waals surface area contributed by atoms with Crippen LogP contribution >= 0.6 is 0 Å². The summed E-state index contributed by atoms with van der Waals surface area (Å²) < 4.78 is 58.5. The standard InChI is InChI=1S/C34H26F3N5O5/c1-18(43)39-29-16-46-17-31(29)42-30-11-20(34(44)45)7-8-28(30)40-32(42)12-22-10-26(37)23(13-25(22)36)27-3-2-4-33(41-27)47-15-21-6-5-19(14-38)9-24(21)35/h2-11,13,29,31H,12,15-17H2,1H3,(H,39,43)(H,44,45)/t29-,31+/m1/s1. The lowest BCUT2D eigenvalue weighted by Crippen LogP contribution is -2.40. The van der Waals surface area contributed by atoms with Gasteiger partial charge in [-0.2, -0.15) is 5.26 Å². The van der Waals surface area contributed by atoms with Gasteiger partial charge in [0.2, 0.25) is 11.8 Å². The molecule has 2 aromatic heterocycles. The molecule has 238 valence electrons. The van der Waals surface area contributed by atoms with Crippen molar-refractivity contribution >= 4 is 22.9 Å². The number of pyridine rings is 1. The second-order valence-electron chi connectivity index (χ2n) is 11.0. The van der Waals surface area contributed by atoms with Gasteiger partial charge >= 0.3 is 5.97 Å². The van der Waals surface area contributed by atoms with E-state index in [2.05, 4.69) is 15.3 Å². The highest BCUT2D eigenvalue weighted by Gasteiger charge is 2.33. The predicted octanol–water partition coefficient (Wildman–Crippen LogP) is 5.33. The summed E-state index contributed by atoms with van der Waals surface area (Å²) in [7, 11) is 0. The predicted molar refractivity (Wildman–Crippen MR) is 162 cm³/mol. The van der Waals surface area contributed by atoms with Crippen LogP contribution in [0.5, 0.6) is 5.88 Å². The zero-order chi connectivity index (χ0) is 33.2. The van der Waals surface area contributed by atoms with E-state index in [1.54, 1.807) is 16.7 Å². The zero-order valence-electron chi connectivity index (χ0n) is 24.8. The van der Waals surface area contributed by atoms with E-state index in [0.29, 0.717) is 16.9 Å². The van der Waals surface area contributed by atoms with Gasteiger partial charge in [0.05, 0.1) is 59.2 Å². The van der Waals surface area contributed by atoms with Crippen molar-refractivity contribution < 1.29 is 37.3 Å². The number of hydrogen-bond donors (Lipinski definition) is 2. The molecule has 13 heteroatoms. The van der Waals surface area contributed by atoms with Crippen LogP contribution in [-0.4, -0.2) is 50.8 Å². The van der Waals surface area contributed by atoms with Gasteiger partial charge in [-0.25, -0.2) is 27.9 Å². The number of carboxylic acid groups (broad SMARTS) is 1. The molecule has 1 fully saturated rings. The minimum atomic E-state index is -1.14. The third kappa shape index (κ3) is 6.49. The van der Waals surface area contributed by atoms with E-state index in [0.717, 1.165) is 18.2 Å². The molecule has 2 atom stereocenters. The highest BCUT2D eigenvalue weighted by atomic mass is 19.1. The molecule has 1 saturated heterocycles. The first-order valence-electron chi connectivity index (χ1n) is 14.5. The number of benzene rings is 3. The molecule has 5 aromatic rings. The second kappa shape index (κ2) is 12.9. The molecule has 3 heterocycles. The largest absolute Gasteiger partial charge is 0.478 e. The first-order valence-corrected chi connectivity index (χ1v) is 14.5. The molecule has 2 N–H and O–H groups in total. The minimum Gasteiger partial charge on any atom is -0.478 e. The fraction of sp³-hybridized carbons (Fsp3) is 0.206. The molecule has 1 amide bonds. The smallest absolute Gasteiger partial charge is 0.335 e. The Hall–Kier alpha value is -5.74. The topological polar surface area (TPSA) is 139 Å². The molecule has 1 aliphatic rings. The van der Waals surface area contributed by atoms with Gasteiger partial charge in [0, 0.05) is 30.5 Å². The maximum atomic E-state index is 15.7. The Bertz CT molecular complexity index is 2080. The van der Waals surface area contributed by atoms with E-state index < -0.39 is 35.5 Å². The Morgan fingerprint density at radius 2 is 1.83 bits per heavy atom. The van der Waals surface area contributed by atoms with Gasteiger partial charge in [0.15, 0.2) is 0 Å². The summed E-state index contributed by atoms with van der Waals surface area (Å²) in [4.78, 5) is 32.5. The number of nitrogens with one attached hydrogen (secondary N) is 1. The van der Waals surface area contributed by atoms with Crippen molar-refractivity contribution in [1.82, 2.24) is 19.9 Å². The van der Waals surface area contributed by atoms with Gasteiger partial charge in [0.25, 0.3) is 0 Å². The van der Waals surface area contributed by atoms with Crippen LogP contribution in [0.4, 0.5) is 13.2 Å². The van der Waals surface area contributed by atoms with E-state index in [1.807, 2.05) is 6.07 Å². The fourth-order valence-electron chi connectivity index (χ4n) is 5.59. The number of amides is 1. The van der Waals surface area contributed by atoms with Crippen LogP contribution < -0.4 is 10.1 Å². The number of carboxylic acids is 1. The quantitative estimate of drug-likeness (QED) is 0.220. The number of carbonyl (C=O) groups excluding carboxylic acids is 1. The van der Waals surface area contributed by atoms with Gasteiger partial charge in [-0.1, -0.05) is 12.1 Å². The molecule has 0 radical (unpaired) electrons. The van der Waals surface area contributed by atoms with Crippen LogP contribution in [0.3, 0.4) is 0 Å². The van der Waals surface area contributed by atoms with E-state index in [-0.39, 0.29) is 71.5 Å². The number of aromatic nitrogens is 3. The number of hydrogen-bond acceptors (Lipinski definition) is 7. The van der Waals surface area contributed by atoms with E-state index in [4.69, 9.17) is 14.7 Å². The Morgan fingerprint density at radius 1 is 1.02 bits per heavy atom. The summed E-state index contributed by atoms with van der Waals surface area (Å²) in [6, 6.07) is 15.9. The van der Waals surface area contributed by atoms with Crippen molar-refractivity contribution in [3.63, 3.8) is 0 Å². The molecule has 1 aliphatic heterocycles. The van der Waals surface area contributed by atoms with E-state index in [9.17, 15) is 19.1 Å². The summed E-state index contributed by atoms with van der Waals surface area (Å²) in [5, 5.41) is 21.4. The number of nitrogens with zero attached hydrogens (tertiary/aromatic N) is 4. The Kier molecular flexibility index (Phi) is 8.60. The summed E-state index contributed by atoms with van der Waals surface area (Å²) >= 11 is 0. The van der Waals surface area contributed by atoms with Gasteiger partial charge < -0.3 is 24.5 Å². The van der Waals surface area contributed by atoms with Crippen molar-refractivity contribution in [2.75, 3.05) is 13.2 Å². The van der Waals surface area contributed by atoms with Crippen LogP contribution in [0.2, 0.25) is 0 Å². The number of nitriles is 1. The fourth-order valence-corrected chi connectivity index (χ4v) is 5.59. The highest BCUT2D eigenvalue weighted by Crippen LogP contribution is 2.32. The monoisotopic (exact) mass is 641 g/mol. The summed E-state index contributed by atoms with van der Waals surface area (Å²) in [6.45, 7) is 1.56. The maximum Gasteiger partial charge on any atom is 0.335 e. The van der Waals surface area contributed by atoms with E-state index >= 15 is 8.78 Å². The van der Waals surface area contributed by atoms with Crippen molar-refractivity contribution in [1.29, 1.82) is 5.26 Å². The van der Waals surface area contributed by atoms with Crippen molar-refractivity contribution in [3.8, 4) is 23.2 Å². The van der Waals surface area contributed by atoms with Crippen molar-refractivity contribution in [2.24, 2.45) is 0 Å². The molecule has 0 bridgehead atoms. The molecule has 0 saturated carbocycles. The number of imidazole rings is 1. The summed E-state index contributed by atoms with van der Waals surface area (Å²) in [5.41, 5.74) is 1.20. The molecule has 10 nitrogen and oxygen atoms in total. The van der Waals surface area contributed by atoms with E-state index in [1.165, 1.54) is 43.3 Å². The number of rotatable bonds is 9. The van der Waals surface area contributed by atoms with Crippen molar-refractivity contribution in [3.05, 3.63) is 112 Å². The Morgan fingerprint density at radius 3 is 2.57 bits per heavy atom. The lowest BCUT2D eigenvalue weighted by Gasteiger charge is -2.23. The molecule has 47 heavy (non-hydrogen) atoms. The number of aromatic carboxylic acids is 1. The molecule has 0 spiro atoms. The van der Waals surface area contributed by atoms with Crippen LogP contribution in [0.15, 0.2) is 66.7 Å². The third-order valence-electron chi connectivity index (χ3n) is 7.82. The first-order chi connectivity index (χ1) is 22.6. The number of fused-ring (bicyclic) bond motifs is 1. The zero-order valence-corrected chi connectivity index (χ0v) is 24.8. The van der Waals surface area contributed by atoms with Crippen LogP contribution in [0, 0.1) is 28.8 Å². The second-order valence-corrected chi connectivity index (χ2v) is 11.0. The van der Waals surface area contributed by atoms with Crippen LogP contribution in [0.1, 0.15) is 45.8 Å². The summed E-state index contributed by atoms with van der Waals surface area (Å²) in [5.74, 6) is -3.17. The molecule has 0 unspecified atom stereocenters.